The first-order valence-corrected chi connectivity index (χ1v) is 4.30. The van der Waals surface area contributed by atoms with Crippen molar-refractivity contribution in [1.82, 2.24) is 5.32 Å². The highest BCUT2D eigenvalue weighted by atomic mass is 19.1. The van der Waals surface area contributed by atoms with Crippen LogP contribution < -0.4 is 5.32 Å². The zero-order valence-corrected chi connectivity index (χ0v) is 8.38. The topological polar surface area (TPSA) is 38.3 Å². The summed E-state index contributed by atoms with van der Waals surface area (Å²) in [5.41, 5.74) is -0.0654. The first-order chi connectivity index (χ1) is 7.10. The molecule has 5 heteroatoms. The molecule has 0 saturated heterocycles. The van der Waals surface area contributed by atoms with E-state index in [1.807, 2.05) is 0 Å². The number of carbonyl (C=O) groups is 1. The van der Waals surface area contributed by atoms with Crippen molar-refractivity contribution in [3.8, 4) is 0 Å². The van der Waals surface area contributed by atoms with E-state index in [0.717, 1.165) is 18.2 Å². The lowest BCUT2D eigenvalue weighted by Gasteiger charge is -2.14. The van der Waals surface area contributed by atoms with Gasteiger partial charge in [-0.1, -0.05) is 0 Å². The van der Waals surface area contributed by atoms with Gasteiger partial charge in [-0.05, 0) is 25.2 Å². The monoisotopic (exact) mass is 215 g/mol. The first-order valence-electron chi connectivity index (χ1n) is 4.30. The van der Waals surface area contributed by atoms with Crippen LogP contribution in [-0.4, -0.2) is 20.1 Å². The van der Waals surface area contributed by atoms with Crippen molar-refractivity contribution in [3.05, 3.63) is 35.4 Å². The molecule has 1 rings (SSSR count). The number of carbonyl (C=O) groups excluding carboxylic acids is 1. The highest BCUT2D eigenvalue weighted by Gasteiger charge is 2.22. The van der Waals surface area contributed by atoms with Gasteiger partial charge in [0.05, 0.1) is 7.11 Å². The van der Waals surface area contributed by atoms with Gasteiger partial charge in [-0.15, -0.1) is 0 Å². The van der Waals surface area contributed by atoms with Gasteiger partial charge in [-0.25, -0.2) is 13.6 Å². The summed E-state index contributed by atoms with van der Waals surface area (Å²) in [5.74, 6) is -1.92. The molecule has 1 atom stereocenters. The number of hydrogen-bond acceptors (Lipinski definition) is 3. The van der Waals surface area contributed by atoms with E-state index in [-0.39, 0.29) is 5.56 Å². The van der Waals surface area contributed by atoms with Crippen LogP contribution in [0.5, 0.6) is 0 Å². The van der Waals surface area contributed by atoms with Crippen molar-refractivity contribution in [1.29, 1.82) is 0 Å². The van der Waals surface area contributed by atoms with E-state index in [0.29, 0.717) is 0 Å². The van der Waals surface area contributed by atoms with Crippen LogP contribution in [0.2, 0.25) is 0 Å². The molecule has 1 N–H and O–H groups in total. The maximum absolute atomic E-state index is 13.3. The minimum absolute atomic E-state index is 0.0654. The number of methoxy groups -OCH3 is 1. The summed E-state index contributed by atoms with van der Waals surface area (Å²) < 4.78 is 30.6. The van der Waals surface area contributed by atoms with Crippen molar-refractivity contribution < 1.29 is 18.3 Å². The Labute approximate surface area is 86.0 Å². The lowest BCUT2D eigenvalue weighted by atomic mass is 10.1. The molecule has 82 valence electrons. The summed E-state index contributed by atoms with van der Waals surface area (Å²) in [5, 5.41) is 2.56. The number of halogens is 2. The van der Waals surface area contributed by atoms with Crippen molar-refractivity contribution in [2.45, 2.75) is 6.04 Å². The van der Waals surface area contributed by atoms with Gasteiger partial charge in [0.2, 0.25) is 0 Å². The number of hydrogen-bond donors (Lipinski definition) is 1. The lowest BCUT2D eigenvalue weighted by Crippen LogP contribution is -2.27. The second kappa shape index (κ2) is 4.84. The van der Waals surface area contributed by atoms with E-state index in [9.17, 15) is 13.6 Å². The third-order valence-corrected chi connectivity index (χ3v) is 1.99. The normalized spacial score (nSPS) is 12.3. The molecular weight excluding hydrogens is 204 g/mol. The van der Waals surface area contributed by atoms with Crippen LogP contribution >= 0.6 is 0 Å². The minimum atomic E-state index is -0.995. The average molecular weight is 215 g/mol. The summed E-state index contributed by atoms with van der Waals surface area (Å²) in [6.45, 7) is 0. The molecule has 0 aromatic heterocycles. The van der Waals surface area contributed by atoms with Gasteiger partial charge in [0.15, 0.2) is 0 Å². The van der Waals surface area contributed by atoms with E-state index in [2.05, 4.69) is 10.1 Å². The predicted molar refractivity (Wildman–Crippen MR) is 50.2 cm³/mol. The fraction of sp³-hybridized carbons (Fsp3) is 0.300. The van der Waals surface area contributed by atoms with Gasteiger partial charge >= 0.3 is 5.97 Å². The Morgan fingerprint density at radius 2 is 2.13 bits per heavy atom. The van der Waals surface area contributed by atoms with Crippen LogP contribution in [0.25, 0.3) is 0 Å². The number of ether oxygens (including phenoxy) is 1. The highest BCUT2D eigenvalue weighted by molar-refractivity contribution is 5.77. The fourth-order valence-electron chi connectivity index (χ4n) is 1.25. The Kier molecular flexibility index (Phi) is 3.74. The summed E-state index contributed by atoms with van der Waals surface area (Å²) in [7, 11) is 2.65. The molecule has 0 saturated carbocycles. The molecular formula is C10H11F2NO2. The lowest BCUT2D eigenvalue weighted by molar-refractivity contribution is -0.143. The molecule has 0 fully saturated rings. The summed E-state index contributed by atoms with van der Waals surface area (Å²) in [6, 6.07) is 1.93. The van der Waals surface area contributed by atoms with E-state index < -0.39 is 23.6 Å². The molecule has 0 spiro atoms. The molecule has 3 nitrogen and oxygen atoms in total. The molecule has 15 heavy (non-hydrogen) atoms. The minimum Gasteiger partial charge on any atom is -0.468 e. The van der Waals surface area contributed by atoms with Gasteiger partial charge in [0, 0.05) is 5.56 Å². The van der Waals surface area contributed by atoms with Gasteiger partial charge in [0.1, 0.15) is 17.7 Å². The SMILES string of the molecule is CN[C@@H](C(=O)OC)c1cc(F)ccc1F. The number of benzene rings is 1. The van der Waals surface area contributed by atoms with E-state index in [1.54, 1.807) is 0 Å². The molecule has 0 aliphatic heterocycles. The van der Waals surface area contributed by atoms with Gasteiger partial charge in [0.25, 0.3) is 0 Å². The fourth-order valence-corrected chi connectivity index (χ4v) is 1.25. The maximum atomic E-state index is 13.3. The standard InChI is InChI=1S/C10H11F2NO2/c1-13-9(10(14)15-2)7-5-6(11)3-4-8(7)12/h3-5,9,13H,1-2H3/t9-/m1/s1. The van der Waals surface area contributed by atoms with Crippen LogP contribution in [0.4, 0.5) is 8.78 Å². The smallest absolute Gasteiger partial charge is 0.327 e. The number of rotatable bonds is 3. The zero-order valence-electron chi connectivity index (χ0n) is 8.38. The third-order valence-electron chi connectivity index (χ3n) is 1.99. The summed E-state index contributed by atoms with van der Waals surface area (Å²) >= 11 is 0. The van der Waals surface area contributed by atoms with Crippen LogP contribution in [0.15, 0.2) is 18.2 Å². The van der Waals surface area contributed by atoms with Crippen molar-refractivity contribution in [2.24, 2.45) is 0 Å². The zero-order chi connectivity index (χ0) is 11.4. The second-order valence-electron chi connectivity index (χ2n) is 2.91. The van der Waals surface area contributed by atoms with Gasteiger partial charge in [-0.3, -0.25) is 0 Å². The molecule has 0 heterocycles. The van der Waals surface area contributed by atoms with Crippen molar-refractivity contribution in [2.75, 3.05) is 14.2 Å². The highest BCUT2D eigenvalue weighted by Crippen LogP contribution is 2.19. The average Bonchev–Trinajstić information content (AvgIpc) is 2.23. The van der Waals surface area contributed by atoms with Gasteiger partial charge in [-0.2, -0.15) is 0 Å². The molecule has 0 unspecified atom stereocenters. The van der Waals surface area contributed by atoms with E-state index in [1.165, 1.54) is 14.2 Å². The largest absolute Gasteiger partial charge is 0.468 e. The summed E-state index contributed by atoms with van der Waals surface area (Å²) in [6.07, 6.45) is 0. The molecule has 1 aromatic rings. The maximum Gasteiger partial charge on any atom is 0.327 e. The Morgan fingerprint density at radius 1 is 1.47 bits per heavy atom. The quantitative estimate of drug-likeness (QED) is 0.774. The molecule has 0 radical (unpaired) electrons. The first kappa shape index (κ1) is 11.6. The van der Waals surface area contributed by atoms with Crippen molar-refractivity contribution in [3.63, 3.8) is 0 Å². The molecule has 1 aromatic carbocycles. The van der Waals surface area contributed by atoms with Gasteiger partial charge < -0.3 is 10.1 Å². The molecule has 0 amide bonds. The number of nitrogens with one attached hydrogen (secondary N) is 1. The summed E-state index contributed by atoms with van der Waals surface area (Å²) in [4.78, 5) is 11.2. The van der Waals surface area contributed by atoms with Crippen LogP contribution in [0.1, 0.15) is 11.6 Å². The number of esters is 1. The Bertz CT molecular complexity index is 368. The van der Waals surface area contributed by atoms with E-state index in [4.69, 9.17) is 0 Å². The predicted octanol–water partition coefficient (Wildman–Crippen LogP) is 1.40. The molecule has 0 aliphatic carbocycles. The second-order valence-corrected chi connectivity index (χ2v) is 2.91. The Morgan fingerprint density at radius 3 is 2.67 bits per heavy atom. The van der Waals surface area contributed by atoms with Crippen LogP contribution in [0, 0.1) is 11.6 Å². The molecule has 0 aliphatic rings. The van der Waals surface area contributed by atoms with Crippen LogP contribution in [0.3, 0.4) is 0 Å². The van der Waals surface area contributed by atoms with Crippen molar-refractivity contribution >= 4 is 5.97 Å². The number of likely N-dealkylation sites (N-methyl/N-ethyl adjacent to an activating group) is 1. The van der Waals surface area contributed by atoms with E-state index >= 15 is 0 Å². The molecule has 0 bridgehead atoms. The Balaban J connectivity index is 3.11. The van der Waals surface area contributed by atoms with Crippen LogP contribution in [-0.2, 0) is 9.53 Å². The Hall–Kier alpha value is -1.49. The third kappa shape index (κ3) is 2.50.